The summed E-state index contributed by atoms with van der Waals surface area (Å²) in [6, 6.07) is 23.9. The van der Waals surface area contributed by atoms with Gasteiger partial charge in [0, 0.05) is 29.7 Å². The standard InChI is InChI=1S/C24H18N6S/c31-24-27-22(18-8-3-1-4-9-18)17-30(24)26-15-20-16-29(21-11-5-2-6-12-21)28-23(20)19-10-7-13-25-14-19/h1-17H,(H,27,31)/b26-15-. The first-order valence-electron chi connectivity index (χ1n) is 9.75. The lowest BCUT2D eigenvalue weighted by atomic mass is 10.1. The Morgan fingerprint density at radius 1 is 0.871 bits per heavy atom. The van der Waals surface area contributed by atoms with E-state index in [0.717, 1.165) is 33.8 Å². The lowest BCUT2D eigenvalue weighted by Crippen LogP contribution is -1.94. The fourth-order valence-corrected chi connectivity index (χ4v) is 3.49. The third kappa shape index (κ3) is 3.99. The quantitative estimate of drug-likeness (QED) is 0.307. The van der Waals surface area contributed by atoms with Crippen molar-refractivity contribution in [1.82, 2.24) is 24.4 Å². The maximum atomic E-state index is 5.46. The molecule has 7 heteroatoms. The molecule has 31 heavy (non-hydrogen) atoms. The van der Waals surface area contributed by atoms with E-state index in [0.29, 0.717) is 4.77 Å². The molecular weight excluding hydrogens is 404 g/mol. The van der Waals surface area contributed by atoms with Crippen molar-refractivity contribution in [2.45, 2.75) is 0 Å². The molecule has 0 atom stereocenters. The molecule has 1 N–H and O–H groups in total. The highest BCUT2D eigenvalue weighted by molar-refractivity contribution is 7.71. The number of imidazole rings is 1. The fourth-order valence-electron chi connectivity index (χ4n) is 3.28. The van der Waals surface area contributed by atoms with Crippen LogP contribution < -0.4 is 0 Å². The number of H-pyrrole nitrogens is 1. The second-order valence-corrected chi connectivity index (χ2v) is 7.27. The van der Waals surface area contributed by atoms with Gasteiger partial charge in [-0.2, -0.15) is 10.2 Å². The van der Waals surface area contributed by atoms with E-state index in [-0.39, 0.29) is 0 Å². The molecule has 0 spiro atoms. The monoisotopic (exact) mass is 422 g/mol. The number of benzene rings is 2. The van der Waals surface area contributed by atoms with Crippen molar-refractivity contribution in [2.75, 3.05) is 0 Å². The molecule has 0 radical (unpaired) electrons. The summed E-state index contributed by atoms with van der Waals surface area (Å²) in [7, 11) is 0. The van der Waals surface area contributed by atoms with Crippen LogP contribution in [0.15, 0.2) is 103 Å². The van der Waals surface area contributed by atoms with Crippen LogP contribution in [0, 0.1) is 4.77 Å². The van der Waals surface area contributed by atoms with Gasteiger partial charge in [0.15, 0.2) is 4.77 Å². The van der Waals surface area contributed by atoms with E-state index in [4.69, 9.17) is 17.3 Å². The number of pyridine rings is 1. The van der Waals surface area contributed by atoms with Crippen molar-refractivity contribution in [3.05, 3.63) is 108 Å². The van der Waals surface area contributed by atoms with E-state index in [1.54, 1.807) is 23.3 Å². The average Bonchev–Trinajstić information content (AvgIpc) is 3.43. The van der Waals surface area contributed by atoms with Gasteiger partial charge in [-0.15, -0.1) is 0 Å². The summed E-state index contributed by atoms with van der Waals surface area (Å²) in [5, 5.41) is 9.38. The Balaban J connectivity index is 1.54. The zero-order valence-corrected chi connectivity index (χ0v) is 17.3. The first kappa shape index (κ1) is 18.9. The predicted octanol–water partition coefficient (Wildman–Crippen LogP) is 5.34. The van der Waals surface area contributed by atoms with Crippen molar-refractivity contribution >= 4 is 18.4 Å². The number of para-hydroxylation sites is 1. The average molecular weight is 423 g/mol. The highest BCUT2D eigenvalue weighted by Crippen LogP contribution is 2.22. The minimum Gasteiger partial charge on any atom is -0.329 e. The lowest BCUT2D eigenvalue weighted by molar-refractivity contribution is 0.864. The van der Waals surface area contributed by atoms with Crippen LogP contribution in [0.2, 0.25) is 0 Å². The van der Waals surface area contributed by atoms with Crippen LogP contribution in [0.25, 0.3) is 28.2 Å². The van der Waals surface area contributed by atoms with E-state index >= 15 is 0 Å². The highest BCUT2D eigenvalue weighted by atomic mass is 32.1. The second-order valence-electron chi connectivity index (χ2n) is 6.88. The Kier molecular flexibility index (Phi) is 5.08. The first-order valence-corrected chi connectivity index (χ1v) is 10.2. The van der Waals surface area contributed by atoms with Gasteiger partial charge >= 0.3 is 0 Å². The molecule has 0 saturated heterocycles. The van der Waals surface area contributed by atoms with Crippen molar-refractivity contribution < 1.29 is 0 Å². The van der Waals surface area contributed by atoms with Gasteiger partial charge in [0.1, 0.15) is 5.69 Å². The predicted molar refractivity (Wildman–Crippen MR) is 125 cm³/mol. The third-order valence-corrected chi connectivity index (χ3v) is 5.09. The molecule has 0 aliphatic heterocycles. The molecule has 0 aliphatic carbocycles. The number of rotatable bonds is 5. The van der Waals surface area contributed by atoms with E-state index in [1.807, 2.05) is 89.9 Å². The Labute approximate surface area is 184 Å². The van der Waals surface area contributed by atoms with Crippen LogP contribution in [0.3, 0.4) is 0 Å². The van der Waals surface area contributed by atoms with Gasteiger partial charge in [0.2, 0.25) is 0 Å². The third-order valence-electron chi connectivity index (χ3n) is 4.81. The number of aromatic amines is 1. The Hall–Kier alpha value is -4.10. The van der Waals surface area contributed by atoms with Gasteiger partial charge in [0.25, 0.3) is 0 Å². The summed E-state index contributed by atoms with van der Waals surface area (Å²) >= 11 is 5.46. The van der Waals surface area contributed by atoms with E-state index in [2.05, 4.69) is 15.1 Å². The van der Waals surface area contributed by atoms with Crippen molar-refractivity contribution in [2.24, 2.45) is 5.10 Å². The fraction of sp³-hybridized carbons (Fsp3) is 0. The molecule has 0 unspecified atom stereocenters. The maximum absolute atomic E-state index is 5.46. The Morgan fingerprint density at radius 2 is 1.61 bits per heavy atom. The molecule has 3 aromatic heterocycles. The normalized spacial score (nSPS) is 11.2. The van der Waals surface area contributed by atoms with E-state index < -0.39 is 0 Å². The maximum Gasteiger partial charge on any atom is 0.198 e. The van der Waals surface area contributed by atoms with Crippen LogP contribution in [0.4, 0.5) is 0 Å². The minimum absolute atomic E-state index is 0.522. The molecule has 6 nitrogen and oxygen atoms in total. The molecular formula is C24H18N6S. The van der Waals surface area contributed by atoms with Crippen LogP contribution in [0.1, 0.15) is 5.56 Å². The van der Waals surface area contributed by atoms with Crippen molar-refractivity contribution in [1.29, 1.82) is 0 Å². The summed E-state index contributed by atoms with van der Waals surface area (Å²) < 4.78 is 4.02. The minimum atomic E-state index is 0.522. The van der Waals surface area contributed by atoms with Gasteiger partial charge in [-0.25, -0.2) is 9.36 Å². The molecule has 0 bridgehead atoms. The number of aromatic nitrogens is 5. The van der Waals surface area contributed by atoms with Gasteiger partial charge in [-0.1, -0.05) is 48.5 Å². The second kappa shape index (κ2) is 8.33. The summed E-state index contributed by atoms with van der Waals surface area (Å²) in [5.74, 6) is 0. The number of hydrogen-bond acceptors (Lipinski definition) is 4. The topological polar surface area (TPSA) is 63.8 Å². The molecule has 0 saturated carbocycles. The molecule has 5 aromatic rings. The van der Waals surface area contributed by atoms with Crippen LogP contribution >= 0.6 is 12.2 Å². The van der Waals surface area contributed by atoms with Crippen molar-refractivity contribution in [3.8, 4) is 28.2 Å². The zero-order valence-electron chi connectivity index (χ0n) is 16.5. The van der Waals surface area contributed by atoms with Crippen molar-refractivity contribution in [3.63, 3.8) is 0 Å². The first-order chi connectivity index (χ1) is 15.3. The Bertz CT molecular complexity index is 1380. The van der Waals surface area contributed by atoms with Crippen LogP contribution in [-0.4, -0.2) is 30.6 Å². The summed E-state index contributed by atoms with van der Waals surface area (Å²) in [4.78, 5) is 7.44. The summed E-state index contributed by atoms with van der Waals surface area (Å²) in [5.41, 5.74) is 5.51. The molecule has 0 aliphatic rings. The molecule has 2 aromatic carbocycles. The summed E-state index contributed by atoms with van der Waals surface area (Å²) in [6.07, 6.45) is 9.16. The van der Waals surface area contributed by atoms with Gasteiger partial charge in [0.05, 0.1) is 23.8 Å². The van der Waals surface area contributed by atoms with Gasteiger partial charge in [-0.3, -0.25) is 4.98 Å². The lowest BCUT2D eigenvalue weighted by Gasteiger charge is -1.99. The molecule has 3 heterocycles. The largest absolute Gasteiger partial charge is 0.329 e. The SMILES string of the molecule is S=c1[nH]c(-c2ccccc2)cn1/N=C\c1cn(-c2ccccc2)nc1-c1cccnc1. The number of nitrogens with one attached hydrogen (secondary N) is 1. The zero-order chi connectivity index (χ0) is 21.0. The number of nitrogens with zero attached hydrogens (tertiary/aromatic N) is 5. The highest BCUT2D eigenvalue weighted by Gasteiger charge is 2.11. The van der Waals surface area contributed by atoms with Gasteiger partial charge < -0.3 is 4.98 Å². The smallest absolute Gasteiger partial charge is 0.198 e. The molecule has 0 fully saturated rings. The Morgan fingerprint density at radius 3 is 2.35 bits per heavy atom. The van der Waals surface area contributed by atoms with E-state index in [1.165, 1.54) is 0 Å². The molecule has 0 amide bonds. The van der Waals surface area contributed by atoms with Crippen LogP contribution in [0.5, 0.6) is 0 Å². The summed E-state index contributed by atoms with van der Waals surface area (Å²) in [6.45, 7) is 0. The molecule has 150 valence electrons. The number of hydrogen-bond donors (Lipinski definition) is 1. The van der Waals surface area contributed by atoms with E-state index in [9.17, 15) is 0 Å². The molecule has 5 rings (SSSR count). The van der Waals surface area contributed by atoms with Crippen LogP contribution in [-0.2, 0) is 0 Å². The van der Waals surface area contributed by atoms with Gasteiger partial charge in [-0.05, 0) is 42.0 Å².